The van der Waals surface area contributed by atoms with Crippen LogP contribution in [0.3, 0.4) is 0 Å². The van der Waals surface area contributed by atoms with E-state index >= 15 is 0 Å². The molecule has 1 aromatic carbocycles. The van der Waals surface area contributed by atoms with E-state index in [0.717, 1.165) is 17.5 Å². The first-order valence-corrected chi connectivity index (χ1v) is 8.38. The van der Waals surface area contributed by atoms with E-state index in [9.17, 15) is 5.11 Å². The Hall–Kier alpha value is -2.57. The van der Waals surface area contributed by atoms with Gasteiger partial charge in [0.2, 0.25) is 11.7 Å². The minimum Gasteiger partial charge on any atom is -0.394 e. The quantitative estimate of drug-likeness (QED) is 0.689. The Morgan fingerprint density at radius 1 is 1.20 bits per heavy atom. The number of rotatable bonds is 7. The molecule has 2 heterocycles. The van der Waals surface area contributed by atoms with Crippen molar-refractivity contribution in [3.63, 3.8) is 0 Å². The lowest BCUT2D eigenvalue weighted by Crippen LogP contribution is -2.24. The molecule has 0 aliphatic carbocycles. The van der Waals surface area contributed by atoms with Crippen molar-refractivity contribution in [3.05, 3.63) is 65.2 Å². The topological polar surface area (TPSA) is 84.1 Å². The number of aryl methyl sites for hydroxylation is 2. The number of nitrogens with one attached hydrogen (secondary N) is 1. The fourth-order valence-corrected chi connectivity index (χ4v) is 2.57. The first kappa shape index (κ1) is 17.3. The Morgan fingerprint density at radius 2 is 2.00 bits per heavy atom. The van der Waals surface area contributed by atoms with Gasteiger partial charge in [0.15, 0.2) is 0 Å². The molecule has 0 spiro atoms. The number of aliphatic hydroxyl groups is 1. The van der Waals surface area contributed by atoms with Crippen molar-refractivity contribution in [2.75, 3.05) is 6.61 Å². The third kappa shape index (κ3) is 4.29. The molecule has 2 aromatic heterocycles. The average Bonchev–Trinajstić information content (AvgIpc) is 3.12. The molecule has 0 saturated carbocycles. The summed E-state index contributed by atoms with van der Waals surface area (Å²) >= 11 is 0. The van der Waals surface area contributed by atoms with Gasteiger partial charge in [-0.25, -0.2) is 0 Å². The van der Waals surface area contributed by atoms with Crippen LogP contribution in [0.4, 0.5) is 0 Å². The second-order valence-corrected chi connectivity index (χ2v) is 5.94. The maximum atomic E-state index is 9.66. The molecule has 6 heteroatoms. The minimum absolute atomic E-state index is 0.00803. The van der Waals surface area contributed by atoms with Gasteiger partial charge in [0.1, 0.15) is 5.69 Å². The van der Waals surface area contributed by atoms with Crippen LogP contribution in [0.1, 0.15) is 35.5 Å². The summed E-state index contributed by atoms with van der Waals surface area (Å²) in [6, 6.07) is 11.9. The Labute approximate surface area is 146 Å². The predicted octanol–water partition coefficient (Wildman–Crippen LogP) is 2.83. The molecule has 130 valence electrons. The van der Waals surface area contributed by atoms with Gasteiger partial charge in [-0.1, -0.05) is 36.3 Å². The summed E-state index contributed by atoms with van der Waals surface area (Å²) in [4.78, 5) is 8.62. The molecule has 0 amide bonds. The highest BCUT2D eigenvalue weighted by Gasteiger charge is 2.14. The Morgan fingerprint density at radius 3 is 2.68 bits per heavy atom. The smallest absolute Gasteiger partial charge is 0.240 e. The van der Waals surface area contributed by atoms with Gasteiger partial charge >= 0.3 is 0 Å². The lowest BCUT2D eigenvalue weighted by molar-refractivity contribution is 0.238. The van der Waals surface area contributed by atoms with Gasteiger partial charge in [0.05, 0.1) is 19.2 Å². The van der Waals surface area contributed by atoms with Crippen molar-refractivity contribution in [1.82, 2.24) is 20.4 Å². The second-order valence-electron chi connectivity index (χ2n) is 5.94. The fraction of sp³-hybridized carbons (Fsp3) is 0.316. The number of pyridine rings is 1. The highest BCUT2D eigenvalue weighted by atomic mass is 16.5. The standard InChI is InChI=1S/C19H22N4O2/c1-3-14-4-6-15(7-5-14)17(12-24)21-11-18-22-19(23-25-18)16-10-13(2)8-9-20-16/h4-10,17,21,24H,3,11-12H2,1-2H3. The summed E-state index contributed by atoms with van der Waals surface area (Å²) in [7, 11) is 0. The van der Waals surface area contributed by atoms with Crippen LogP contribution < -0.4 is 5.32 Å². The van der Waals surface area contributed by atoms with Crippen LogP contribution in [-0.2, 0) is 13.0 Å². The Kier molecular flexibility index (Phi) is 5.53. The summed E-state index contributed by atoms with van der Waals surface area (Å²) in [5, 5.41) is 16.9. The monoisotopic (exact) mass is 338 g/mol. The summed E-state index contributed by atoms with van der Waals surface area (Å²) < 4.78 is 5.28. The SMILES string of the molecule is CCc1ccc(C(CO)NCc2nc(-c3cc(C)ccn3)no2)cc1. The van der Waals surface area contributed by atoms with Gasteiger partial charge in [-0.2, -0.15) is 4.98 Å². The maximum Gasteiger partial charge on any atom is 0.240 e. The highest BCUT2D eigenvalue weighted by molar-refractivity contribution is 5.48. The minimum atomic E-state index is -0.182. The van der Waals surface area contributed by atoms with Crippen molar-refractivity contribution in [2.24, 2.45) is 0 Å². The molecule has 0 saturated heterocycles. The van der Waals surface area contributed by atoms with Crippen LogP contribution in [0, 0.1) is 6.92 Å². The lowest BCUT2D eigenvalue weighted by atomic mass is 10.0. The third-order valence-electron chi connectivity index (χ3n) is 4.09. The fourth-order valence-electron chi connectivity index (χ4n) is 2.57. The largest absolute Gasteiger partial charge is 0.394 e. The molecule has 1 atom stereocenters. The van der Waals surface area contributed by atoms with E-state index in [4.69, 9.17) is 4.52 Å². The number of aliphatic hydroxyl groups excluding tert-OH is 1. The molecule has 0 aliphatic heterocycles. The van der Waals surface area contributed by atoms with E-state index in [0.29, 0.717) is 24.0 Å². The predicted molar refractivity (Wildman–Crippen MR) is 94.8 cm³/mol. The van der Waals surface area contributed by atoms with E-state index in [1.54, 1.807) is 6.20 Å². The molecule has 0 aliphatic rings. The van der Waals surface area contributed by atoms with E-state index in [-0.39, 0.29) is 12.6 Å². The van der Waals surface area contributed by atoms with Gasteiger partial charge in [-0.05, 0) is 42.2 Å². The van der Waals surface area contributed by atoms with Crippen LogP contribution in [0.25, 0.3) is 11.5 Å². The zero-order chi connectivity index (χ0) is 17.6. The van der Waals surface area contributed by atoms with E-state index in [1.807, 2.05) is 31.2 Å². The first-order valence-electron chi connectivity index (χ1n) is 8.38. The van der Waals surface area contributed by atoms with Gasteiger partial charge in [-0.15, -0.1) is 0 Å². The van der Waals surface area contributed by atoms with Crippen LogP contribution >= 0.6 is 0 Å². The van der Waals surface area contributed by atoms with Gasteiger partial charge in [0, 0.05) is 6.20 Å². The Balaban J connectivity index is 1.65. The van der Waals surface area contributed by atoms with Crippen LogP contribution in [0.5, 0.6) is 0 Å². The van der Waals surface area contributed by atoms with Crippen LogP contribution in [0.2, 0.25) is 0 Å². The molecule has 25 heavy (non-hydrogen) atoms. The van der Waals surface area contributed by atoms with E-state index in [2.05, 4.69) is 39.5 Å². The second kappa shape index (κ2) is 8.00. The Bertz CT molecular complexity index is 814. The van der Waals surface area contributed by atoms with Gasteiger partial charge < -0.3 is 9.63 Å². The average molecular weight is 338 g/mol. The van der Waals surface area contributed by atoms with E-state index in [1.165, 1.54) is 5.56 Å². The molecule has 3 rings (SSSR count). The number of benzene rings is 1. The molecule has 0 fully saturated rings. The van der Waals surface area contributed by atoms with Gasteiger partial charge in [-0.3, -0.25) is 10.3 Å². The molecular formula is C19H22N4O2. The molecule has 0 radical (unpaired) electrons. The zero-order valence-electron chi connectivity index (χ0n) is 14.4. The zero-order valence-corrected chi connectivity index (χ0v) is 14.4. The molecule has 0 bridgehead atoms. The van der Waals surface area contributed by atoms with Crippen molar-refractivity contribution in [2.45, 2.75) is 32.9 Å². The summed E-state index contributed by atoms with van der Waals surface area (Å²) in [5.74, 6) is 0.926. The number of nitrogens with zero attached hydrogens (tertiary/aromatic N) is 3. The van der Waals surface area contributed by atoms with Gasteiger partial charge in [0.25, 0.3) is 0 Å². The molecule has 2 N–H and O–H groups in total. The van der Waals surface area contributed by atoms with Crippen LogP contribution in [0.15, 0.2) is 47.1 Å². The number of aromatic nitrogens is 3. The van der Waals surface area contributed by atoms with Crippen molar-refractivity contribution in [3.8, 4) is 11.5 Å². The number of hydrogen-bond donors (Lipinski definition) is 2. The summed E-state index contributed by atoms with van der Waals surface area (Å²) in [6.07, 6.45) is 2.72. The van der Waals surface area contributed by atoms with Crippen molar-refractivity contribution < 1.29 is 9.63 Å². The van der Waals surface area contributed by atoms with Crippen LogP contribution in [-0.4, -0.2) is 26.8 Å². The molecular weight excluding hydrogens is 316 g/mol. The molecule has 6 nitrogen and oxygen atoms in total. The third-order valence-corrected chi connectivity index (χ3v) is 4.09. The summed E-state index contributed by atoms with van der Waals surface area (Å²) in [5.41, 5.74) is 4.07. The highest BCUT2D eigenvalue weighted by Crippen LogP contribution is 2.16. The lowest BCUT2D eigenvalue weighted by Gasteiger charge is -2.15. The normalized spacial score (nSPS) is 12.3. The molecule has 1 unspecified atom stereocenters. The summed E-state index contributed by atoms with van der Waals surface area (Å²) in [6.45, 7) is 4.47. The van der Waals surface area contributed by atoms with Crippen molar-refractivity contribution >= 4 is 0 Å². The molecule has 3 aromatic rings. The van der Waals surface area contributed by atoms with Crippen molar-refractivity contribution in [1.29, 1.82) is 0 Å². The number of hydrogen-bond acceptors (Lipinski definition) is 6. The van der Waals surface area contributed by atoms with E-state index < -0.39 is 0 Å². The first-order chi connectivity index (χ1) is 12.2. The maximum absolute atomic E-state index is 9.66.